The highest BCUT2D eigenvalue weighted by Gasteiger charge is 2.35. The minimum Gasteiger partial charge on any atom is -0.388 e. The molecule has 1 aliphatic rings. The predicted octanol–water partition coefficient (Wildman–Crippen LogP) is 0.420. The van der Waals surface area contributed by atoms with Gasteiger partial charge in [-0.15, -0.1) is 0 Å². The van der Waals surface area contributed by atoms with Crippen LogP contribution in [0.1, 0.15) is 12.6 Å². The summed E-state index contributed by atoms with van der Waals surface area (Å²) < 4.78 is 7.58. The second-order valence-electron chi connectivity index (χ2n) is 4.49. The standard InChI is InChI=1S/C11H15N5O2S/c1-19-3-6-2-7(17)11(18-6)16-5-15-8-9(12)13-4-14-10(8)16/h4-7,11,17H,2-3H2,1H3,(H2,12,13,14)/t6-,7+,11+/m0/s1. The summed E-state index contributed by atoms with van der Waals surface area (Å²) in [7, 11) is 0. The number of aromatic nitrogens is 4. The van der Waals surface area contributed by atoms with Crippen LogP contribution in [-0.2, 0) is 4.74 Å². The molecule has 0 aromatic carbocycles. The summed E-state index contributed by atoms with van der Waals surface area (Å²) in [4.78, 5) is 12.2. The van der Waals surface area contributed by atoms with E-state index in [2.05, 4.69) is 15.0 Å². The normalized spacial score (nSPS) is 27.2. The van der Waals surface area contributed by atoms with E-state index in [-0.39, 0.29) is 6.10 Å². The maximum Gasteiger partial charge on any atom is 0.167 e. The lowest BCUT2D eigenvalue weighted by Gasteiger charge is -2.16. The average Bonchev–Trinajstić information content (AvgIpc) is 2.94. The third-order valence-electron chi connectivity index (χ3n) is 3.18. The Labute approximate surface area is 114 Å². The fourth-order valence-corrected chi connectivity index (χ4v) is 2.92. The zero-order chi connectivity index (χ0) is 13.4. The first-order valence-corrected chi connectivity index (χ1v) is 7.35. The summed E-state index contributed by atoms with van der Waals surface area (Å²) >= 11 is 1.70. The van der Waals surface area contributed by atoms with Crippen LogP contribution >= 0.6 is 11.8 Å². The van der Waals surface area contributed by atoms with E-state index in [1.807, 2.05) is 6.26 Å². The van der Waals surface area contributed by atoms with Crippen LogP contribution in [0.25, 0.3) is 11.2 Å². The lowest BCUT2D eigenvalue weighted by Crippen LogP contribution is -2.19. The number of fused-ring (bicyclic) bond motifs is 1. The summed E-state index contributed by atoms with van der Waals surface area (Å²) in [5, 5.41) is 10.1. The first-order chi connectivity index (χ1) is 9.20. The van der Waals surface area contributed by atoms with Gasteiger partial charge in [0.25, 0.3) is 0 Å². The van der Waals surface area contributed by atoms with E-state index in [1.165, 1.54) is 6.33 Å². The molecule has 102 valence electrons. The fourth-order valence-electron chi connectivity index (χ4n) is 2.33. The van der Waals surface area contributed by atoms with Gasteiger partial charge in [0.1, 0.15) is 17.9 Å². The highest BCUT2D eigenvalue weighted by molar-refractivity contribution is 7.98. The zero-order valence-electron chi connectivity index (χ0n) is 10.4. The van der Waals surface area contributed by atoms with Crippen LogP contribution in [0.15, 0.2) is 12.7 Å². The van der Waals surface area contributed by atoms with Crippen molar-refractivity contribution in [2.45, 2.75) is 24.9 Å². The molecule has 3 N–H and O–H groups in total. The molecule has 1 aliphatic heterocycles. The molecular formula is C11H15N5O2S. The van der Waals surface area contributed by atoms with E-state index in [4.69, 9.17) is 10.5 Å². The van der Waals surface area contributed by atoms with Crippen molar-refractivity contribution in [3.05, 3.63) is 12.7 Å². The number of anilines is 1. The first kappa shape index (κ1) is 12.6. The second-order valence-corrected chi connectivity index (χ2v) is 5.40. The number of rotatable bonds is 3. The second kappa shape index (κ2) is 4.95. The summed E-state index contributed by atoms with van der Waals surface area (Å²) in [6, 6.07) is 0. The molecule has 0 saturated carbocycles. The number of ether oxygens (including phenoxy) is 1. The summed E-state index contributed by atoms with van der Waals surface area (Å²) in [5.41, 5.74) is 6.86. The Hall–Kier alpha value is -1.38. The minimum absolute atomic E-state index is 0.0478. The van der Waals surface area contributed by atoms with Gasteiger partial charge in [0.15, 0.2) is 17.7 Å². The Balaban J connectivity index is 1.94. The van der Waals surface area contributed by atoms with Gasteiger partial charge in [-0.3, -0.25) is 4.57 Å². The van der Waals surface area contributed by atoms with Gasteiger partial charge in [0.05, 0.1) is 12.4 Å². The Morgan fingerprint density at radius 1 is 1.53 bits per heavy atom. The van der Waals surface area contributed by atoms with Gasteiger partial charge < -0.3 is 15.6 Å². The van der Waals surface area contributed by atoms with Crippen molar-refractivity contribution < 1.29 is 9.84 Å². The van der Waals surface area contributed by atoms with Crippen LogP contribution in [0.4, 0.5) is 5.82 Å². The molecule has 3 rings (SSSR count). The molecule has 3 atom stereocenters. The van der Waals surface area contributed by atoms with Crippen molar-refractivity contribution in [1.29, 1.82) is 0 Å². The number of nitrogen functional groups attached to an aromatic ring is 1. The van der Waals surface area contributed by atoms with Crippen molar-refractivity contribution in [2.24, 2.45) is 0 Å². The number of thioether (sulfide) groups is 1. The van der Waals surface area contributed by atoms with Gasteiger partial charge in [-0.1, -0.05) is 0 Å². The molecule has 0 radical (unpaired) electrons. The molecule has 7 nitrogen and oxygen atoms in total. The van der Waals surface area contributed by atoms with E-state index < -0.39 is 12.3 Å². The number of nitrogens with two attached hydrogens (primary N) is 1. The van der Waals surface area contributed by atoms with Crippen LogP contribution in [0.3, 0.4) is 0 Å². The molecule has 1 saturated heterocycles. The van der Waals surface area contributed by atoms with Crippen LogP contribution in [0.5, 0.6) is 0 Å². The van der Waals surface area contributed by atoms with E-state index >= 15 is 0 Å². The zero-order valence-corrected chi connectivity index (χ0v) is 11.2. The van der Waals surface area contributed by atoms with E-state index in [9.17, 15) is 5.11 Å². The molecule has 0 spiro atoms. The van der Waals surface area contributed by atoms with Gasteiger partial charge in [-0.25, -0.2) is 15.0 Å². The summed E-state index contributed by atoms with van der Waals surface area (Å²) in [6.07, 6.45) is 4.63. The fraction of sp³-hybridized carbons (Fsp3) is 0.545. The lowest BCUT2D eigenvalue weighted by atomic mass is 10.2. The van der Waals surface area contributed by atoms with E-state index in [0.717, 1.165) is 5.75 Å². The van der Waals surface area contributed by atoms with Gasteiger partial charge in [-0.2, -0.15) is 11.8 Å². The van der Waals surface area contributed by atoms with Gasteiger partial charge in [0.2, 0.25) is 0 Å². The highest BCUT2D eigenvalue weighted by Crippen LogP contribution is 2.32. The molecular weight excluding hydrogens is 266 g/mol. The van der Waals surface area contributed by atoms with Crippen LogP contribution in [-0.4, -0.2) is 48.8 Å². The van der Waals surface area contributed by atoms with Crippen LogP contribution in [0, 0.1) is 0 Å². The number of aliphatic hydroxyl groups is 1. The molecule has 2 aromatic heterocycles. The Morgan fingerprint density at radius 2 is 2.37 bits per heavy atom. The Morgan fingerprint density at radius 3 is 3.16 bits per heavy atom. The molecule has 19 heavy (non-hydrogen) atoms. The Kier molecular flexibility index (Phi) is 3.29. The van der Waals surface area contributed by atoms with Gasteiger partial charge in [0, 0.05) is 12.2 Å². The molecule has 0 unspecified atom stereocenters. The Bertz CT molecular complexity index is 589. The summed E-state index contributed by atoms with van der Waals surface area (Å²) in [6.45, 7) is 0. The maximum atomic E-state index is 10.1. The van der Waals surface area contributed by atoms with Crippen molar-refractivity contribution >= 4 is 28.7 Å². The van der Waals surface area contributed by atoms with Crippen molar-refractivity contribution in [3.8, 4) is 0 Å². The molecule has 1 fully saturated rings. The average molecular weight is 281 g/mol. The number of imidazole rings is 1. The number of hydrogen-bond acceptors (Lipinski definition) is 7. The van der Waals surface area contributed by atoms with E-state index in [0.29, 0.717) is 23.4 Å². The monoisotopic (exact) mass is 281 g/mol. The van der Waals surface area contributed by atoms with Crippen LogP contribution in [0.2, 0.25) is 0 Å². The highest BCUT2D eigenvalue weighted by atomic mass is 32.2. The molecule has 3 heterocycles. The minimum atomic E-state index is -0.564. The predicted molar refractivity (Wildman–Crippen MR) is 72.7 cm³/mol. The van der Waals surface area contributed by atoms with Crippen molar-refractivity contribution in [1.82, 2.24) is 19.5 Å². The molecule has 0 amide bonds. The first-order valence-electron chi connectivity index (χ1n) is 5.96. The third kappa shape index (κ3) is 2.15. The van der Waals surface area contributed by atoms with E-state index in [1.54, 1.807) is 22.7 Å². The number of aliphatic hydroxyl groups excluding tert-OH is 1. The van der Waals surface area contributed by atoms with Crippen LogP contribution < -0.4 is 5.73 Å². The van der Waals surface area contributed by atoms with Gasteiger partial charge >= 0.3 is 0 Å². The summed E-state index contributed by atoms with van der Waals surface area (Å²) in [5.74, 6) is 1.19. The molecule has 8 heteroatoms. The smallest absolute Gasteiger partial charge is 0.167 e. The van der Waals surface area contributed by atoms with Crippen molar-refractivity contribution in [3.63, 3.8) is 0 Å². The maximum absolute atomic E-state index is 10.1. The number of nitrogens with zero attached hydrogens (tertiary/aromatic N) is 4. The van der Waals surface area contributed by atoms with Gasteiger partial charge in [-0.05, 0) is 6.26 Å². The number of hydrogen-bond donors (Lipinski definition) is 2. The topological polar surface area (TPSA) is 99.1 Å². The SMILES string of the molecule is CSC[C@@H]1C[C@@H](O)[C@H](n2cnc3c(N)ncnc32)O1. The third-order valence-corrected chi connectivity index (χ3v) is 3.88. The quantitative estimate of drug-likeness (QED) is 0.841. The molecule has 2 aromatic rings. The lowest BCUT2D eigenvalue weighted by molar-refractivity contribution is -0.0285. The molecule has 0 bridgehead atoms. The molecule has 0 aliphatic carbocycles. The largest absolute Gasteiger partial charge is 0.388 e. The van der Waals surface area contributed by atoms with Crippen molar-refractivity contribution in [2.75, 3.05) is 17.7 Å².